The lowest BCUT2D eigenvalue weighted by Crippen LogP contribution is -2.38. The molecule has 1 amide bonds. The molecule has 2 aromatic carbocycles. The summed E-state index contributed by atoms with van der Waals surface area (Å²) >= 11 is 0. The second-order valence-electron chi connectivity index (χ2n) is 9.43. The molecule has 0 aliphatic carbocycles. The molecule has 0 bridgehead atoms. The average molecular weight is 526 g/mol. The quantitative estimate of drug-likeness (QED) is 0.303. The first kappa shape index (κ1) is 27.6. The zero-order valence-electron chi connectivity index (χ0n) is 22.1. The molecule has 39 heavy (non-hydrogen) atoms. The van der Waals surface area contributed by atoms with Gasteiger partial charge in [0, 0.05) is 44.6 Å². The van der Waals surface area contributed by atoms with Crippen LogP contribution < -0.4 is 16.4 Å². The van der Waals surface area contributed by atoms with Gasteiger partial charge in [-0.1, -0.05) is 36.9 Å². The number of aromatic nitrogens is 1. The van der Waals surface area contributed by atoms with Crippen molar-refractivity contribution >= 4 is 23.0 Å². The zero-order chi connectivity index (χ0) is 27.5. The molecule has 0 spiro atoms. The van der Waals surface area contributed by atoms with Gasteiger partial charge < -0.3 is 26.0 Å². The molecule has 1 aromatic heterocycles. The van der Waals surface area contributed by atoms with E-state index in [4.69, 9.17) is 15.7 Å². The van der Waals surface area contributed by atoms with E-state index >= 15 is 0 Å². The molecule has 1 saturated heterocycles. The molecule has 4 N–H and O–H groups in total. The van der Waals surface area contributed by atoms with E-state index in [1.807, 2.05) is 42.5 Å². The number of para-hydroxylation sites is 2. The van der Waals surface area contributed by atoms with Crippen LogP contribution in [0.3, 0.4) is 0 Å². The van der Waals surface area contributed by atoms with E-state index in [1.54, 1.807) is 24.4 Å². The molecule has 0 atom stereocenters. The molecule has 0 radical (unpaired) electrons. The highest BCUT2D eigenvalue weighted by molar-refractivity contribution is 6.04. The van der Waals surface area contributed by atoms with Gasteiger partial charge >= 0.3 is 0 Å². The SMILES string of the molecule is C=C(Nc1ccc(CC#N)cc1)N(CCCN1CCOCC1)Cc1ccc(C(=O)Nc2ccccc2N)nc1. The third-order valence-electron chi connectivity index (χ3n) is 6.55. The minimum absolute atomic E-state index is 0.312. The fourth-order valence-electron chi connectivity index (χ4n) is 4.33. The summed E-state index contributed by atoms with van der Waals surface area (Å²) in [4.78, 5) is 21.7. The minimum atomic E-state index is -0.312. The van der Waals surface area contributed by atoms with Crippen molar-refractivity contribution in [1.82, 2.24) is 14.8 Å². The summed E-state index contributed by atoms with van der Waals surface area (Å²) in [5.74, 6) is 0.458. The maximum Gasteiger partial charge on any atom is 0.274 e. The monoisotopic (exact) mass is 525 g/mol. The predicted octanol–water partition coefficient (Wildman–Crippen LogP) is 4.09. The Morgan fingerprint density at radius 3 is 2.51 bits per heavy atom. The van der Waals surface area contributed by atoms with Crippen molar-refractivity contribution in [1.29, 1.82) is 5.26 Å². The van der Waals surface area contributed by atoms with E-state index in [1.165, 1.54) is 0 Å². The number of amides is 1. The molecule has 2 heterocycles. The van der Waals surface area contributed by atoms with Gasteiger partial charge in [-0.25, -0.2) is 0 Å². The normalized spacial score (nSPS) is 13.3. The Morgan fingerprint density at radius 2 is 1.82 bits per heavy atom. The van der Waals surface area contributed by atoms with Crippen LogP contribution in [0.2, 0.25) is 0 Å². The highest BCUT2D eigenvalue weighted by atomic mass is 16.5. The van der Waals surface area contributed by atoms with E-state index < -0.39 is 0 Å². The molecule has 0 unspecified atom stereocenters. The maximum absolute atomic E-state index is 12.7. The Morgan fingerprint density at radius 1 is 1.08 bits per heavy atom. The first-order chi connectivity index (χ1) is 19.0. The van der Waals surface area contributed by atoms with E-state index in [0.717, 1.165) is 68.4 Å². The number of ether oxygens (including phenoxy) is 1. The van der Waals surface area contributed by atoms with Crippen LogP contribution in [0.15, 0.2) is 79.3 Å². The number of pyridine rings is 1. The third kappa shape index (κ3) is 8.30. The van der Waals surface area contributed by atoms with Crippen LogP contribution >= 0.6 is 0 Å². The summed E-state index contributed by atoms with van der Waals surface area (Å²) in [5, 5.41) is 15.1. The molecule has 4 rings (SSSR count). The van der Waals surface area contributed by atoms with Gasteiger partial charge in [0.05, 0.1) is 42.9 Å². The highest BCUT2D eigenvalue weighted by Crippen LogP contribution is 2.19. The van der Waals surface area contributed by atoms with Gasteiger partial charge in [-0.2, -0.15) is 5.26 Å². The number of morpholine rings is 1. The summed E-state index contributed by atoms with van der Waals surface area (Å²) in [7, 11) is 0. The number of nitrogens with one attached hydrogen (secondary N) is 2. The molecule has 1 aliphatic rings. The number of hydrogen-bond donors (Lipinski definition) is 3. The van der Waals surface area contributed by atoms with Gasteiger partial charge in [0.15, 0.2) is 0 Å². The van der Waals surface area contributed by atoms with Crippen molar-refractivity contribution in [3.05, 3.63) is 96.1 Å². The van der Waals surface area contributed by atoms with E-state index in [9.17, 15) is 4.79 Å². The summed E-state index contributed by atoms with van der Waals surface area (Å²) in [5.41, 5.74) is 10.2. The van der Waals surface area contributed by atoms with Crippen molar-refractivity contribution in [3.8, 4) is 6.07 Å². The maximum atomic E-state index is 12.7. The number of nitrogen functional groups attached to an aromatic ring is 1. The molecular formula is C30H35N7O2. The first-order valence-electron chi connectivity index (χ1n) is 13.1. The number of carbonyl (C=O) groups excluding carboxylic acids is 1. The zero-order valence-corrected chi connectivity index (χ0v) is 22.1. The molecule has 1 fully saturated rings. The lowest BCUT2D eigenvalue weighted by Gasteiger charge is -2.30. The van der Waals surface area contributed by atoms with Gasteiger partial charge in [-0.3, -0.25) is 14.7 Å². The van der Waals surface area contributed by atoms with Crippen molar-refractivity contribution in [2.45, 2.75) is 19.4 Å². The van der Waals surface area contributed by atoms with Crippen molar-refractivity contribution < 1.29 is 9.53 Å². The fraction of sp³-hybridized carbons (Fsp3) is 0.300. The second-order valence-corrected chi connectivity index (χ2v) is 9.43. The Balaban J connectivity index is 1.40. The number of carbonyl (C=O) groups is 1. The lowest BCUT2D eigenvalue weighted by atomic mass is 10.1. The topological polar surface area (TPSA) is 120 Å². The molecule has 9 nitrogen and oxygen atoms in total. The van der Waals surface area contributed by atoms with Gasteiger partial charge in [0.25, 0.3) is 5.91 Å². The number of nitriles is 1. The average Bonchev–Trinajstić information content (AvgIpc) is 2.96. The first-order valence-corrected chi connectivity index (χ1v) is 13.1. The lowest BCUT2D eigenvalue weighted by molar-refractivity contribution is 0.0364. The molecule has 1 aliphatic heterocycles. The Kier molecular flexibility index (Phi) is 9.89. The fourth-order valence-corrected chi connectivity index (χ4v) is 4.33. The number of hydrogen-bond acceptors (Lipinski definition) is 8. The third-order valence-corrected chi connectivity index (χ3v) is 6.55. The second kappa shape index (κ2) is 14.0. The summed E-state index contributed by atoms with van der Waals surface area (Å²) in [6.07, 6.45) is 3.07. The smallest absolute Gasteiger partial charge is 0.274 e. The van der Waals surface area contributed by atoms with Crippen LogP contribution in [0.4, 0.5) is 17.1 Å². The highest BCUT2D eigenvalue weighted by Gasteiger charge is 2.15. The van der Waals surface area contributed by atoms with Crippen LogP contribution in [0.25, 0.3) is 0 Å². The van der Waals surface area contributed by atoms with Crippen LogP contribution in [-0.2, 0) is 17.7 Å². The van der Waals surface area contributed by atoms with Crippen LogP contribution in [-0.4, -0.2) is 60.1 Å². The van der Waals surface area contributed by atoms with Crippen molar-refractivity contribution in [2.75, 3.05) is 55.8 Å². The Hall–Kier alpha value is -4.39. The Bertz CT molecular complexity index is 1280. The van der Waals surface area contributed by atoms with Crippen LogP contribution in [0, 0.1) is 11.3 Å². The van der Waals surface area contributed by atoms with Gasteiger partial charge in [0.2, 0.25) is 0 Å². The summed E-state index contributed by atoms with van der Waals surface area (Å²) in [6, 6.07) is 20.7. The van der Waals surface area contributed by atoms with E-state index in [-0.39, 0.29) is 5.91 Å². The van der Waals surface area contributed by atoms with Gasteiger partial charge in [-0.05, 0) is 47.9 Å². The molecule has 9 heteroatoms. The molecule has 0 saturated carbocycles. The molecule has 3 aromatic rings. The number of nitrogens with zero attached hydrogens (tertiary/aromatic N) is 4. The largest absolute Gasteiger partial charge is 0.397 e. The predicted molar refractivity (Wildman–Crippen MR) is 154 cm³/mol. The number of benzene rings is 2. The van der Waals surface area contributed by atoms with Gasteiger partial charge in [-0.15, -0.1) is 0 Å². The van der Waals surface area contributed by atoms with Crippen molar-refractivity contribution in [2.24, 2.45) is 0 Å². The number of nitrogens with two attached hydrogens (primary N) is 1. The summed E-state index contributed by atoms with van der Waals surface area (Å²) < 4.78 is 5.46. The van der Waals surface area contributed by atoms with E-state index in [2.05, 4.69) is 38.1 Å². The van der Waals surface area contributed by atoms with Crippen LogP contribution in [0.5, 0.6) is 0 Å². The van der Waals surface area contributed by atoms with Gasteiger partial charge in [0.1, 0.15) is 5.69 Å². The van der Waals surface area contributed by atoms with Crippen molar-refractivity contribution in [3.63, 3.8) is 0 Å². The molecular weight excluding hydrogens is 490 g/mol. The minimum Gasteiger partial charge on any atom is -0.397 e. The van der Waals surface area contributed by atoms with E-state index in [0.29, 0.717) is 30.0 Å². The standard InChI is InChI=1S/C30H35N7O2/c1-23(34-26-10-7-24(8-11-26)13-14-31)37(16-4-15-36-17-19-39-20-18-36)22-25-9-12-29(33-21-25)30(38)35-28-6-3-2-5-27(28)32/h2-3,5-12,21,34H,1,4,13,15-20,22,32H2,(H,35,38). The Labute approximate surface area is 229 Å². The molecule has 202 valence electrons. The summed E-state index contributed by atoms with van der Waals surface area (Å²) in [6.45, 7) is 10.1. The van der Waals surface area contributed by atoms with Crippen LogP contribution in [0.1, 0.15) is 28.0 Å². The number of anilines is 3. The number of rotatable bonds is 12.